The molecule has 5 unspecified atom stereocenters. The topological polar surface area (TPSA) is 129 Å². The highest BCUT2D eigenvalue weighted by atomic mass is 16.5. The van der Waals surface area contributed by atoms with Gasteiger partial charge < -0.3 is 29.6 Å². The molecule has 0 bridgehead atoms. The summed E-state index contributed by atoms with van der Waals surface area (Å²) in [5, 5.41) is 48.1. The van der Waals surface area contributed by atoms with E-state index in [1.807, 2.05) is 50.2 Å². The van der Waals surface area contributed by atoms with E-state index in [0.29, 0.717) is 17.3 Å². The van der Waals surface area contributed by atoms with Crippen LogP contribution in [0.2, 0.25) is 0 Å². The number of hydrogen-bond acceptors (Lipinski definition) is 8. The van der Waals surface area contributed by atoms with E-state index in [1.165, 1.54) is 0 Å². The Morgan fingerprint density at radius 2 is 1.61 bits per heavy atom. The Morgan fingerprint density at radius 1 is 0.839 bits per heavy atom. The highest BCUT2D eigenvalue weighted by molar-refractivity contribution is 5.74. The minimum atomic E-state index is -1.42. The molecule has 0 aliphatic carbocycles. The Kier molecular flexibility index (Phi) is 5.92. The lowest BCUT2D eigenvalue weighted by atomic mass is 9.88. The van der Waals surface area contributed by atoms with Crippen molar-refractivity contribution in [3.63, 3.8) is 0 Å². The fraction of sp³-hybridized carbons (Fsp3) is 0.391. The van der Waals surface area contributed by atoms with Crippen LogP contribution in [-0.2, 0) is 4.74 Å². The average molecular weight is 426 g/mol. The molecule has 164 valence electrons. The van der Waals surface area contributed by atoms with Crippen molar-refractivity contribution in [1.82, 2.24) is 10.2 Å². The molecule has 2 aromatic carbocycles. The second kappa shape index (κ2) is 8.49. The molecule has 31 heavy (non-hydrogen) atoms. The van der Waals surface area contributed by atoms with Crippen molar-refractivity contribution in [3.8, 4) is 22.6 Å². The van der Waals surface area contributed by atoms with E-state index in [4.69, 9.17) is 9.15 Å². The van der Waals surface area contributed by atoms with Crippen LogP contribution in [0.4, 0.5) is 0 Å². The number of rotatable bonds is 4. The van der Waals surface area contributed by atoms with E-state index in [0.717, 1.165) is 27.8 Å². The van der Waals surface area contributed by atoms with Crippen LogP contribution in [0.5, 0.6) is 0 Å². The number of nitrogens with zero attached hydrogens (tertiary/aromatic N) is 2. The maximum atomic E-state index is 10.5. The summed E-state index contributed by atoms with van der Waals surface area (Å²) >= 11 is 0. The smallest absolute Gasteiger partial charge is 0.247 e. The van der Waals surface area contributed by atoms with Gasteiger partial charge in [-0.2, -0.15) is 0 Å². The first-order valence-electron chi connectivity index (χ1n) is 10.1. The first-order valence-corrected chi connectivity index (χ1v) is 10.1. The van der Waals surface area contributed by atoms with Crippen molar-refractivity contribution in [2.45, 2.75) is 51.3 Å². The van der Waals surface area contributed by atoms with Gasteiger partial charge in [0.25, 0.3) is 0 Å². The molecular formula is C23H26N2O6. The summed E-state index contributed by atoms with van der Waals surface area (Å²) in [6, 6.07) is 11.5. The molecule has 1 aromatic heterocycles. The third-order valence-electron chi connectivity index (χ3n) is 5.77. The monoisotopic (exact) mass is 426 g/mol. The largest absolute Gasteiger partial charge is 0.421 e. The maximum Gasteiger partial charge on any atom is 0.247 e. The fourth-order valence-electron chi connectivity index (χ4n) is 4.00. The summed E-state index contributed by atoms with van der Waals surface area (Å²) < 4.78 is 11.2. The molecule has 1 fully saturated rings. The van der Waals surface area contributed by atoms with Gasteiger partial charge in [0.05, 0.1) is 6.61 Å². The number of ether oxygens (including phenoxy) is 1. The minimum absolute atomic E-state index is 0.457. The first kappa shape index (κ1) is 21.6. The lowest BCUT2D eigenvalue weighted by molar-refractivity contribution is -0.231. The number of aliphatic hydroxyl groups is 4. The van der Waals surface area contributed by atoms with Crippen molar-refractivity contribution in [2.24, 2.45) is 0 Å². The van der Waals surface area contributed by atoms with Crippen molar-refractivity contribution < 1.29 is 29.6 Å². The molecule has 8 heteroatoms. The molecule has 8 nitrogen and oxygen atoms in total. The van der Waals surface area contributed by atoms with E-state index in [-0.39, 0.29) is 0 Å². The Labute approximate surface area is 179 Å². The quantitative estimate of drug-likeness (QED) is 0.497. The highest BCUT2D eigenvalue weighted by Crippen LogP contribution is 2.36. The fourth-order valence-corrected chi connectivity index (χ4v) is 4.00. The zero-order chi connectivity index (χ0) is 22.3. The SMILES string of the molecule is Cc1nnc(-c2ccc(-c3cc(C4OC(CO)C(O)C(O)C4O)ccc3C)c(C)c2)o1. The van der Waals surface area contributed by atoms with Gasteiger partial charge in [-0.05, 0) is 59.9 Å². The average Bonchev–Trinajstić information content (AvgIpc) is 3.19. The minimum Gasteiger partial charge on any atom is -0.421 e. The van der Waals surface area contributed by atoms with Crippen LogP contribution in [0.25, 0.3) is 22.6 Å². The van der Waals surface area contributed by atoms with E-state index < -0.39 is 37.1 Å². The van der Waals surface area contributed by atoms with Crippen molar-refractivity contribution in [2.75, 3.05) is 6.61 Å². The Bertz CT molecular complexity index is 1080. The van der Waals surface area contributed by atoms with Gasteiger partial charge in [-0.15, -0.1) is 10.2 Å². The molecule has 1 aliphatic heterocycles. The van der Waals surface area contributed by atoms with Gasteiger partial charge in [-0.1, -0.05) is 18.2 Å². The molecule has 3 aromatic rings. The number of aliphatic hydroxyl groups excluding tert-OH is 4. The van der Waals surface area contributed by atoms with Gasteiger partial charge in [0.2, 0.25) is 11.8 Å². The highest BCUT2D eigenvalue weighted by Gasteiger charge is 2.44. The third kappa shape index (κ3) is 4.00. The molecule has 4 rings (SSSR count). The van der Waals surface area contributed by atoms with Crippen LogP contribution < -0.4 is 0 Å². The second-order valence-corrected chi connectivity index (χ2v) is 7.98. The summed E-state index contributed by atoms with van der Waals surface area (Å²) in [5.74, 6) is 0.957. The van der Waals surface area contributed by atoms with E-state index in [2.05, 4.69) is 10.2 Å². The third-order valence-corrected chi connectivity index (χ3v) is 5.77. The number of hydrogen-bond donors (Lipinski definition) is 4. The summed E-state index contributed by atoms with van der Waals surface area (Å²) in [5.41, 5.74) is 5.43. The molecule has 0 spiro atoms. The van der Waals surface area contributed by atoms with E-state index in [9.17, 15) is 20.4 Å². The van der Waals surface area contributed by atoms with Gasteiger partial charge in [-0.3, -0.25) is 0 Å². The zero-order valence-corrected chi connectivity index (χ0v) is 17.6. The van der Waals surface area contributed by atoms with Gasteiger partial charge in [-0.25, -0.2) is 0 Å². The summed E-state index contributed by atoms with van der Waals surface area (Å²) in [7, 11) is 0. The lowest BCUT2D eigenvalue weighted by Crippen LogP contribution is -2.55. The van der Waals surface area contributed by atoms with Crippen LogP contribution in [0.3, 0.4) is 0 Å². The Hall–Kier alpha value is -2.62. The van der Waals surface area contributed by atoms with Gasteiger partial charge in [0.15, 0.2) is 0 Å². The second-order valence-electron chi connectivity index (χ2n) is 7.98. The normalized spacial score (nSPS) is 26.2. The van der Waals surface area contributed by atoms with Crippen LogP contribution in [0.15, 0.2) is 40.8 Å². The van der Waals surface area contributed by atoms with E-state index in [1.54, 1.807) is 6.92 Å². The molecule has 0 saturated carbocycles. The molecule has 1 saturated heterocycles. The van der Waals surface area contributed by atoms with Crippen molar-refractivity contribution in [3.05, 3.63) is 59.0 Å². The van der Waals surface area contributed by atoms with Crippen molar-refractivity contribution >= 4 is 0 Å². The van der Waals surface area contributed by atoms with Crippen LogP contribution in [0, 0.1) is 20.8 Å². The standard InChI is InChI=1S/C23H26N2O6/c1-11-4-5-14(22-21(29)20(28)19(27)18(10-26)31-22)9-17(11)16-7-6-15(8-12(16)2)23-25-24-13(3)30-23/h4-9,18-22,26-29H,10H2,1-3H3. The van der Waals surface area contributed by atoms with Crippen LogP contribution in [-0.4, -0.2) is 61.6 Å². The van der Waals surface area contributed by atoms with Crippen LogP contribution >= 0.6 is 0 Å². The molecule has 0 amide bonds. The Morgan fingerprint density at radius 3 is 2.26 bits per heavy atom. The lowest BCUT2D eigenvalue weighted by Gasteiger charge is -2.40. The predicted octanol–water partition coefficient (Wildman–Crippen LogP) is 1.84. The number of aromatic nitrogens is 2. The molecule has 0 radical (unpaired) electrons. The summed E-state index contributed by atoms with van der Waals surface area (Å²) in [6.45, 7) is 5.25. The molecule has 1 aliphatic rings. The molecule has 4 N–H and O–H groups in total. The summed E-state index contributed by atoms with van der Waals surface area (Å²) in [4.78, 5) is 0. The molecular weight excluding hydrogens is 400 g/mol. The van der Waals surface area contributed by atoms with Crippen molar-refractivity contribution in [1.29, 1.82) is 0 Å². The molecule has 5 atom stereocenters. The summed E-state index contributed by atoms with van der Waals surface area (Å²) in [6.07, 6.45) is -5.95. The van der Waals surface area contributed by atoms with E-state index >= 15 is 0 Å². The molecule has 2 heterocycles. The maximum absolute atomic E-state index is 10.5. The Balaban J connectivity index is 1.70. The van der Waals surface area contributed by atoms with Gasteiger partial charge in [0, 0.05) is 12.5 Å². The first-order chi connectivity index (χ1) is 14.8. The zero-order valence-electron chi connectivity index (χ0n) is 17.6. The van der Waals surface area contributed by atoms with Gasteiger partial charge >= 0.3 is 0 Å². The number of benzene rings is 2. The van der Waals surface area contributed by atoms with Crippen LogP contribution in [0.1, 0.15) is 28.7 Å². The van der Waals surface area contributed by atoms with Gasteiger partial charge in [0.1, 0.15) is 30.5 Å². The predicted molar refractivity (Wildman–Crippen MR) is 112 cm³/mol. The number of aryl methyl sites for hydroxylation is 3.